The summed E-state index contributed by atoms with van der Waals surface area (Å²) in [6.07, 6.45) is 4.61. The fraction of sp³-hybridized carbons (Fsp3) is 0.588. The van der Waals surface area contributed by atoms with Gasteiger partial charge in [-0.1, -0.05) is 17.7 Å². The van der Waals surface area contributed by atoms with E-state index in [1.54, 1.807) is 12.1 Å². The van der Waals surface area contributed by atoms with Crippen molar-refractivity contribution in [3.8, 4) is 0 Å². The number of rotatable bonds is 5. The minimum atomic E-state index is -0.274. The topological polar surface area (TPSA) is 41.1 Å². The van der Waals surface area contributed by atoms with Gasteiger partial charge in [-0.2, -0.15) is 0 Å². The molecular formula is C17H23Cl2FN2O. The standard InChI is InChI=1S/C17H22ClFN2O.ClH/c18-13-2-1-3-14(19)17(13)12-10-15(12)21-16(22)5-4-11-6-8-20-9-7-11;/h1-3,11-12,15,20H,4-10H2,(H,21,22);1H. The summed E-state index contributed by atoms with van der Waals surface area (Å²) in [4.78, 5) is 12.0. The van der Waals surface area contributed by atoms with Gasteiger partial charge in [0.1, 0.15) is 5.82 Å². The quantitative estimate of drug-likeness (QED) is 0.841. The normalized spacial score (nSPS) is 23.9. The lowest BCUT2D eigenvalue weighted by molar-refractivity contribution is -0.121. The second-order valence-electron chi connectivity index (χ2n) is 6.38. The first-order chi connectivity index (χ1) is 10.6. The van der Waals surface area contributed by atoms with Gasteiger partial charge in [0.15, 0.2) is 0 Å². The molecule has 2 N–H and O–H groups in total. The summed E-state index contributed by atoms with van der Waals surface area (Å²) in [6, 6.07) is 4.77. The summed E-state index contributed by atoms with van der Waals surface area (Å²) in [5.74, 6) is 0.488. The molecule has 1 saturated heterocycles. The number of carbonyl (C=O) groups excluding carboxylic acids is 1. The Morgan fingerprint density at radius 1 is 1.35 bits per heavy atom. The molecule has 1 aromatic carbocycles. The predicted octanol–water partition coefficient (Wildman–Crippen LogP) is 3.65. The Morgan fingerprint density at radius 3 is 2.78 bits per heavy atom. The molecule has 0 aromatic heterocycles. The van der Waals surface area contributed by atoms with Crippen molar-refractivity contribution in [3.05, 3.63) is 34.6 Å². The van der Waals surface area contributed by atoms with E-state index in [4.69, 9.17) is 11.6 Å². The van der Waals surface area contributed by atoms with Crippen LogP contribution in [0.15, 0.2) is 18.2 Å². The number of benzene rings is 1. The van der Waals surface area contributed by atoms with Crippen LogP contribution in [0, 0.1) is 11.7 Å². The van der Waals surface area contributed by atoms with Crippen LogP contribution in [0.25, 0.3) is 0 Å². The molecule has 1 saturated carbocycles. The van der Waals surface area contributed by atoms with Gasteiger partial charge >= 0.3 is 0 Å². The van der Waals surface area contributed by atoms with Gasteiger partial charge in [-0.15, -0.1) is 12.4 Å². The number of hydrogen-bond donors (Lipinski definition) is 2. The Kier molecular flexibility index (Phi) is 6.69. The molecule has 0 radical (unpaired) electrons. The first kappa shape index (κ1) is 18.5. The molecule has 23 heavy (non-hydrogen) atoms. The lowest BCUT2D eigenvalue weighted by atomic mass is 9.93. The summed E-state index contributed by atoms with van der Waals surface area (Å²) < 4.78 is 13.8. The van der Waals surface area contributed by atoms with E-state index in [1.807, 2.05) is 0 Å². The second-order valence-corrected chi connectivity index (χ2v) is 6.79. The number of carbonyl (C=O) groups is 1. The van der Waals surface area contributed by atoms with Crippen LogP contribution >= 0.6 is 24.0 Å². The van der Waals surface area contributed by atoms with Crippen molar-refractivity contribution in [2.75, 3.05) is 13.1 Å². The monoisotopic (exact) mass is 360 g/mol. The Labute approximate surface area is 147 Å². The summed E-state index contributed by atoms with van der Waals surface area (Å²) in [5.41, 5.74) is 0.549. The first-order valence-corrected chi connectivity index (χ1v) is 8.47. The minimum absolute atomic E-state index is 0. The van der Waals surface area contributed by atoms with E-state index >= 15 is 0 Å². The number of nitrogens with one attached hydrogen (secondary N) is 2. The Balaban J connectivity index is 0.00000192. The van der Waals surface area contributed by atoms with Gasteiger partial charge in [0, 0.05) is 29.0 Å². The highest BCUT2D eigenvalue weighted by atomic mass is 35.5. The van der Waals surface area contributed by atoms with Crippen LogP contribution in [0.2, 0.25) is 5.02 Å². The zero-order chi connectivity index (χ0) is 15.5. The highest BCUT2D eigenvalue weighted by Crippen LogP contribution is 2.44. The molecule has 2 atom stereocenters. The van der Waals surface area contributed by atoms with Gasteiger partial charge in [0.2, 0.25) is 5.91 Å². The maximum absolute atomic E-state index is 13.8. The molecule has 1 heterocycles. The smallest absolute Gasteiger partial charge is 0.220 e. The molecule has 2 fully saturated rings. The molecule has 0 spiro atoms. The van der Waals surface area contributed by atoms with E-state index in [0.29, 0.717) is 22.9 Å². The molecule has 3 rings (SSSR count). The van der Waals surface area contributed by atoms with Crippen molar-refractivity contribution in [2.45, 2.75) is 44.1 Å². The second kappa shape index (κ2) is 8.32. The van der Waals surface area contributed by atoms with Crippen molar-refractivity contribution >= 4 is 29.9 Å². The van der Waals surface area contributed by atoms with Crippen molar-refractivity contribution in [1.82, 2.24) is 10.6 Å². The third-order valence-corrected chi connectivity index (χ3v) is 5.08. The van der Waals surface area contributed by atoms with E-state index in [2.05, 4.69) is 10.6 Å². The highest BCUT2D eigenvalue weighted by Gasteiger charge is 2.42. The van der Waals surface area contributed by atoms with Crippen LogP contribution in [0.4, 0.5) is 4.39 Å². The predicted molar refractivity (Wildman–Crippen MR) is 92.8 cm³/mol. The third kappa shape index (κ3) is 4.82. The molecular weight excluding hydrogens is 338 g/mol. The van der Waals surface area contributed by atoms with Gasteiger partial charge < -0.3 is 10.6 Å². The first-order valence-electron chi connectivity index (χ1n) is 8.09. The molecule has 2 unspecified atom stereocenters. The molecule has 3 nitrogen and oxygen atoms in total. The summed E-state index contributed by atoms with van der Waals surface area (Å²) >= 11 is 6.07. The van der Waals surface area contributed by atoms with E-state index in [0.717, 1.165) is 38.8 Å². The lowest BCUT2D eigenvalue weighted by Gasteiger charge is -2.22. The zero-order valence-corrected chi connectivity index (χ0v) is 14.6. The van der Waals surface area contributed by atoms with Crippen LogP contribution in [-0.2, 0) is 4.79 Å². The molecule has 1 aromatic rings. The van der Waals surface area contributed by atoms with Crippen LogP contribution in [0.3, 0.4) is 0 Å². The number of halogens is 3. The fourth-order valence-corrected chi connectivity index (χ4v) is 3.63. The molecule has 0 bridgehead atoms. The average molecular weight is 361 g/mol. The minimum Gasteiger partial charge on any atom is -0.353 e. The van der Waals surface area contributed by atoms with E-state index in [9.17, 15) is 9.18 Å². The molecule has 2 aliphatic rings. The van der Waals surface area contributed by atoms with E-state index < -0.39 is 0 Å². The Bertz CT molecular complexity index is 529. The SMILES string of the molecule is Cl.O=C(CCC1CCNCC1)NC1CC1c1c(F)cccc1Cl. The third-order valence-electron chi connectivity index (χ3n) is 4.75. The number of amides is 1. The van der Waals surface area contributed by atoms with Crippen LogP contribution in [0.5, 0.6) is 0 Å². The molecule has 6 heteroatoms. The largest absolute Gasteiger partial charge is 0.353 e. The maximum atomic E-state index is 13.8. The van der Waals surface area contributed by atoms with Gasteiger partial charge in [0.25, 0.3) is 0 Å². The summed E-state index contributed by atoms with van der Waals surface area (Å²) in [7, 11) is 0. The molecule has 128 valence electrons. The van der Waals surface area contributed by atoms with Crippen molar-refractivity contribution in [2.24, 2.45) is 5.92 Å². The zero-order valence-electron chi connectivity index (χ0n) is 13.0. The summed E-state index contributed by atoms with van der Waals surface area (Å²) in [5, 5.41) is 6.80. The average Bonchev–Trinajstić information content (AvgIpc) is 3.25. The Morgan fingerprint density at radius 2 is 2.09 bits per heavy atom. The van der Waals surface area contributed by atoms with Crippen LogP contribution in [0.1, 0.15) is 43.6 Å². The van der Waals surface area contributed by atoms with E-state index in [-0.39, 0.29) is 36.1 Å². The molecule has 1 aliphatic heterocycles. The van der Waals surface area contributed by atoms with Gasteiger partial charge in [-0.05, 0) is 56.8 Å². The maximum Gasteiger partial charge on any atom is 0.220 e. The Hall–Kier alpha value is -0.840. The van der Waals surface area contributed by atoms with Crippen LogP contribution in [-0.4, -0.2) is 25.0 Å². The fourth-order valence-electron chi connectivity index (χ4n) is 3.32. The van der Waals surface area contributed by atoms with Gasteiger partial charge in [-0.25, -0.2) is 4.39 Å². The van der Waals surface area contributed by atoms with Gasteiger partial charge in [-0.3, -0.25) is 4.79 Å². The lowest BCUT2D eigenvalue weighted by Crippen LogP contribution is -2.30. The highest BCUT2D eigenvalue weighted by molar-refractivity contribution is 6.31. The van der Waals surface area contributed by atoms with Crippen LogP contribution < -0.4 is 10.6 Å². The van der Waals surface area contributed by atoms with E-state index in [1.165, 1.54) is 6.07 Å². The number of hydrogen-bond acceptors (Lipinski definition) is 2. The van der Waals surface area contributed by atoms with Crippen molar-refractivity contribution < 1.29 is 9.18 Å². The van der Waals surface area contributed by atoms with Gasteiger partial charge in [0.05, 0.1) is 0 Å². The van der Waals surface area contributed by atoms with Crippen molar-refractivity contribution in [3.63, 3.8) is 0 Å². The van der Waals surface area contributed by atoms with Crippen molar-refractivity contribution in [1.29, 1.82) is 0 Å². The summed E-state index contributed by atoms with van der Waals surface area (Å²) in [6.45, 7) is 2.12. The number of piperidine rings is 1. The molecule has 1 aliphatic carbocycles. The molecule has 1 amide bonds.